The van der Waals surface area contributed by atoms with Crippen LogP contribution in [0.2, 0.25) is 10.0 Å². The molecule has 3 rings (SSSR count). The minimum Gasteiger partial charge on any atom is -0.546 e. The van der Waals surface area contributed by atoms with E-state index >= 15 is 0 Å². The molecule has 128 valence electrons. The Labute approximate surface area is 199 Å². The van der Waals surface area contributed by atoms with Crippen molar-refractivity contribution in [1.82, 2.24) is 0 Å². The molecule has 2 unspecified atom stereocenters. The first-order valence-electron chi connectivity index (χ1n) is 8.03. The molecule has 0 aliphatic heterocycles. The van der Waals surface area contributed by atoms with Crippen molar-refractivity contribution in [3.63, 3.8) is 0 Å². The quantitative estimate of drug-likeness (QED) is 0.663. The van der Waals surface area contributed by atoms with Gasteiger partial charge in [0.05, 0.1) is 11.0 Å². The van der Waals surface area contributed by atoms with Crippen molar-refractivity contribution in [1.29, 1.82) is 0 Å². The van der Waals surface area contributed by atoms with Crippen molar-refractivity contribution in [2.45, 2.75) is 38.5 Å². The molecule has 0 saturated heterocycles. The van der Waals surface area contributed by atoms with Crippen LogP contribution in [0.3, 0.4) is 0 Å². The molecule has 2 atom stereocenters. The second-order valence-corrected chi connectivity index (χ2v) is 6.99. The second-order valence-electron chi connectivity index (χ2n) is 6.23. The largest absolute Gasteiger partial charge is 1.00 e. The number of carboxylic acids is 1. The van der Waals surface area contributed by atoms with Crippen LogP contribution in [0.5, 0.6) is 5.75 Å². The summed E-state index contributed by atoms with van der Waals surface area (Å²) in [7, 11) is 0. The van der Waals surface area contributed by atoms with E-state index in [1.807, 2.05) is 0 Å². The number of hydrogen-bond acceptors (Lipinski definition) is 4. The van der Waals surface area contributed by atoms with E-state index in [2.05, 4.69) is 6.92 Å². The van der Waals surface area contributed by atoms with Gasteiger partial charge in [0.1, 0.15) is 17.4 Å². The van der Waals surface area contributed by atoms with E-state index in [1.165, 1.54) is 0 Å². The topological polar surface area (TPSA) is 66.4 Å². The third kappa shape index (κ3) is 4.18. The number of aliphatic carboxylic acids is 1. The Morgan fingerprint density at radius 3 is 2.72 bits per heavy atom. The van der Waals surface area contributed by atoms with Gasteiger partial charge in [-0.2, -0.15) is 0 Å². The van der Waals surface area contributed by atoms with Crippen LogP contribution in [0.1, 0.15) is 49.7 Å². The fourth-order valence-electron chi connectivity index (χ4n) is 3.81. The normalized spacial score (nSPS) is 21.1. The summed E-state index contributed by atoms with van der Waals surface area (Å²) in [5.41, 5.74) is 2.77. The maximum absolute atomic E-state index is 11.9. The molecule has 0 fully saturated rings. The molecule has 2 aliphatic carbocycles. The van der Waals surface area contributed by atoms with Crippen molar-refractivity contribution >= 4 is 40.5 Å². The van der Waals surface area contributed by atoms with Crippen LogP contribution in [0.15, 0.2) is 12.1 Å². The van der Waals surface area contributed by atoms with E-state index in [9.17, 15) is 14.7 Å². The number of carboxylic acid groups (broad SMARTS) is 1. The fraction of sp³-hybridized carbons (Fsp3) is 0.444. The number of fused-ring (bicyclic) bond motifs is 3. The Bertz CT molecular complexity index is 745. The summed E-state index contributed by atoms with van der Waals surface area (Å²) in [6.07, 6.45) is 4.99. The first-order chi connectivity index (χ1) is 11.4. The van der Waals surface area contributed by atoms with Gasteiger partial charge >= 0.3 is 51.4 Å². The van der Waals surface area contributed by atoms with Crippen molar-refractivity contribution < 1.29 is 70.8 Å². The first-order valence-corrected chi connectivity index (χ1v) is 8.79. The zero-order valence-corrected chi connectivity index (χ0v) is 18.9. The van der Waals surface area contributed by atoms with Gasteiger partial charge in [0.2, 0.25) is 0 Å². The number of ether oxygens (including phenoxy) is 1. The van der Waals surface area contributed by atoms with Gasteiger partial charge in [-0.25, -0.2) is 0 Å². The third-order valence-electron chi connectivity index (χ3n) is 4.74. The van der Waals surface area contributed by atoms with E-state index in [-0.39, 0.29) is 79.8 Å². The molecule has 4 nitrogen and oxygen atoms in total. The molecule has 25 heavy (non-hydrogen) atoms. The molecular formula is C18H17Cl2KO4. The van der Waals surface area contributed by atoms with Crippen molar-refractivity contribution in [3.8, 4) is 5.75 Å². The average Bonchev–Trinajstić information content (AvgIpc) is 2.83. The number of hydrogen-bond donors (Lipinski definition) is 0. The molecule has 0 radical (unpaired) electrons. The monoisotopic (exact) mass is 406 g/mol. The number of carbonyl (C=O) groups is 2. The zero-order chi connectivity index (χ0) is 17.4. The standard InChI is InChI=1S/C18H18Cl2O4.K/c1-2-3-10-11-5-4-9(21)6-12(11)16-13(10)7-14(17(19)18(16)20)24-8-15(22)23;/h6-7,10-11H,2-5,8H2,1H3,(H,22,23);/q;+1/p-1. The number of carbonyl (C=O) groups excluding carboxylic acids is 2. The minimum atomic E-state index is -1.32. The Morgan fingerprint density at radius 2 is 2.08 bits per heavy atom. The van der Waals surface area contributed by atoms with Gasteiger partial charge in [-0.1, -0.05) is 36.5 Å². The molecule has 0 N–H and O–H groups in total. The molecule has 0 bridgehead atoms. The fourth-order valence-corrected chi connectivity index (χ4v) is 4.33. The minimum absolute atomic E-state index is 0. The predicted octanol–water partition coefficient (Wildman–Crippen LogP) is 0.386. The second kappa shape index (κ2) is 8.87. The number of rotatable bonds is 5. The summed E-state index contributed by atoms with van der Waals surface area (Å²) in [6.45, 7) is 1.53. The zero-order valence-electron chi connectivity index (χ0n) is 14.2. The van der Waals surface area contributed by atoms with Crippen LogP contribution in [0, 0.1) is 5.92 Å². The van der Waals surface area contributed by atoms with E-state index in [4.69, 9.17) is 27.9 Å². The van der Waals surface area contributed by atoms with Crippen molar-refractivity contribution in [2.24, 2.45) is 5.92 Å². The molecule has 0 aromatic heterocycles. The Kier molecular flexibility index (Phi) is 7.60. The summed E-state index contributed by atoms with van der Waals surface area (Å²) in [4.78, 5) is 22.5. The Balaban J connectivity index is 0.00000225. The molecule has 0 heterocycles. The number of allylic oxidation sites excluding steroid dienone is 2. The van der Waals surface area contributed by atoms with E-state index < -0.39 is 12.6 Å². The van der Waals surface area contributed by atoms with Crippen molar-refractivity contribution in [2.75, 3.05) is 6.61 Å². The van der Waals surface area contributed by atoms with E-state index in [0.717, 1.165) is 36.0 Å². The number of ketones is 1. The van der Waals surface area contributed by atoms with Gasteiger partial charge < -0.3 is 14.6 Å². The molecule has 0 amide bonds. The molecule has 0 spiro atoms. The predicted molar refractivity (Wildman–Crippen MR) is 90.3 cm³/mol. The van der Waals surface area contributed by atoms with Gasteiger partial charge in [0.25, 0.3) is 0 Å². The SMILES string of the molecule is CCCC1c2cc(OCC(=O)[O-])c(Cl)c(Cl)c2C2=CC(=O)CCC21.[K+]. The molecule has 7 heteroatoms. The number of benzene rings is 1. The number of halogens is 2. The summed E-state index contributed by atoms with van der Waals surface area (Å²) >= 11 is 12.7. The molecule has 1 aromatic carbocycles. The van der Waals surface area contributed by atoms with Gasteiger partial charge in [-0.15, -0.1) is 0 Å². The average molecular weight is 407 g/mol. The summed E-state index contributed by atoms with van der Waals surface area (Å²) in [5, 5.41) is 11.2. The maximum atomic E-state index is 11.9. The van der Waals surface area contributed by atoms with Gasteiger partial charge in [-0.3, -0.25) is 4.79 Å². The van der Waals surface area contributed by atoms with Crippen LogP contribution in [0.4, 0.5) is 0 Å². The summed E-state index contributed by atoms with van der Waals surface area (Å²) < 4.78 is 5.24. The maximum Gasteiger partial charge on any atom is 1.00 e. The van der Waals surface area contributed by atoms with Crippen molar-refractivity contribution in [3.05, 3.63) is 33.3 Å². The summed E-state index contributed by atoms with van der Waals surface area (Å²) in [5.74, 6) is -0.480. The Morgan fingerprint density at radius 1 is 1.36 bits per heavy atom. The van der Waals surface area contributed by atoms with Crippen LogP contribution < -0.4 is 61.2 Å². The van der Waals surface area contributed by atoms with Crippen LogP contribution in [0.25, 0.3) is 5.57 Å². The Hall–Kier alpha value is 0.116. The van der Waals surface area contributed by atoms with Gasteiger partial charge in [0, 0.05) is 12.0 Å². The van der Waals surface area contributed by atoms with Crippen LogP contribution >= 0.6 is 23.2 Å². The van der Waals surface area contributed by atoms with Gasteiger partial charge in [-0.05, 0) is 48.0 Å². The molecule has 2 aliphatic rings. The first kappa shape index (κ1) is 21.4. The summed E-state index contributed by atoms with van der Waals surface area (Å²) in [6, 6.07) is 1.77. The molecule has 1 aromatic rings. The molecular weight excluding hydrogens is 390 g/mol. The van der Waals surface area contributed by atoms with Crippen LogP contribution in [-0.4, -0.2) is 18.4 Å². The third-order valence-corrected chi connectivity index (χ3v) is 5.59. The van der Waals surface area contributed by atoms with E-state index in [1.54, 1.807) is 12.1 Å². The van der Waals surface area contributed by atoms with Crippen LogP contribution in [-0.2, 0) is 9.59 Å². The smallest absolute Gasteiger partial charge is 0.546 e. The van der Waals surface area contributed by atoms with E-state index in [0.29, 0.717) is 11.4 Å². The molecule has 0 saturated carbocycles. The van der Waals surface area contributed by atoms with Gasteiger partial charge in [0.15, 0.2) is 5.78 Å².